The minimum atomic E-state index is -0.708. The van der Waals surface area contributed by atoms with Crippen LogP contribution in [0.25, 0.3) is 0 Å². The maximum atomic E-state index is 11.6. The Balaban J connectivity index is 2.57. The second-order valence-corrected chi connectivity index (χ2v) is 5.01. The zero-order valence-electron chi connectivity index (χ0n) is 10.1. The number of hydrogen-bond donors (Lipinski definition) is 1. The molecule has 1 fully saturated rings. The van der Waals surface area contributed by atoms with Gasteiger partial charge in [0.05, 0.1) is 6.61 Å². The van der Waals surface area contributed by atoms with E-state index in [0.29, 0.717) is 13.2 Å². The van der Waals surface area contributed by atoms with Gasteiger partial charge >= 0.3 is 6.09 Å². The monoisotopic (exact) mass is 225 g/mol. The Morgan fingerprint density at radius 1 is 1.56 bits per heavy atom. The average molecular weight is 225 g/mol. The Bertz CT molecular complexity index is 292. The Labute approximate surface area is 96.7 Å². The van der Waals surface area contributed by atoms with Crippen LogP contribution in [-0.2, 0) is 9.47 Å². The molecule has 1 aliphatic heterocycles. The van der Waals surface area contributed by atoms with Gasteiger partial charge in [-0.15, -0.1) is 6.42 Å². The van der Waals surface area contributed by atoms with Crippen LogP contribution in [0.4, 0.5) is 4.79 Å². The topological polar surface area (TPSA) is 47.6 Å². The Morgan fingerprint density at radius 2 is 2.25 bits per heavy atom. The van der Waals surface area contributed by atoms with Crippen molar-refractivity contribution >= 4 is 6.09 Å². The summed E-state index contributed by atoms with van der Waals surface area (Å²) in [5, 5.41) is 2.72. The molecule has 1 rings (SSSR count). The molecule has 0 aliphatic carbocycles. The largest absolute Gasteiger partial charge is 0.444 e. The molecule has 0 aromatic heterocycles. The molecule has 0 spiro atoms. The molecule has 1 N–H and O–H groups in total. The third-order valence-electron chi connectivity index (χ3n) is 2.26. The minimum absolute atomic E-state index is 0.350. The minimum Gasteiger partial charge on any atom is -0.444 e. The van der Waals surface area contributed by atoms with Gasteiger partial charge in [-0.1, -0.05) is 5.92 Å². The first-order valence-electron chi connectivity index (χ1n) is 5.44. The van der Waals surface area contributed by atoms with Crippen molar-refractivity contribution in [3.63, 3.8) is 0 Å². The summed E-state index contributed by atoms with van der Waals surface area (Å²) in [4.78, 5) is 11.6. The molecule has 4 nitrogen and oxygen atoms in total. The number of nitrogens with one attached hydrogen (secondary N) is 1. The molecule has 0 bridgehead atoms. The van der Waals surface area contributed by atoms with Gasteiger partial charge in [0.2, 0.25) is 0 Å². The van der Waals surface area contributed by atoms with Gasteiger partial charge < -0.3 is 14.8 Å². The third-order valence-corrected chi connectivity index (χ3v) is 2.26. The lowest BCUT2D eigenvalue weighted by atomic mass is 9.94. The summed E-state index contributed by atoms with van der Waals surface area (Å²) in [5.41, 5.74) is -1.23. The van der Waals surface area contributed by atoms with Gasteiger partial charge in [0, 0.05) is 6.61 Å². The van der Waals surface area contributed by atoms with E-state index in [0.717, 1.165) is 12.8 Å². The fourth-order valence-electron chi connectivity index (χ4n) is 1.54. The fraction of sp³-hybridized carbons (Fsp3) is 0.750. The highest BCUT2D eigenvalue weighted by Crippen LogP contribution is 2.19. The van der Waals surface area contributed by atoms with Crippen molar-refractivity contribution < 1.29 is 14.3 Å². The van der Waals surface area contributed by atoms with Crippen LogP contribution in [0.2, 0.25) is 0 Å². The van der Waals surface area contributed by atoms with Crippen molar-refractivity contribution in [2.75, 3.05) is 13.2 Å². The summed E-state index contributed by atoms with van der Waals surface area (Å²) in [6.07, 6.45) is 6.53. The highest BCUT2D eigenvalue weighted by atomic mass is 16.6. The second-order valence-electron chi connectivity index (χ2n) is 5.01. The predicted octanol–water partition coefficient (Wildman–Crippen LogP) is 1.69. The van der Waals surface area contributed by atoms with Crippen molar-refractivity contribution in [2.24, 2.45) is 0 Å². The molecule has 90 valence electrons. The number of alkyl carbamates (subject to hydrolysis) is 1. The number of hydrogen-bond acceptors (Lipinski definition) is 3. The lowest BCUT2D eigenvalue weighted by Gasteiger charge is -2.33. The van der Waals surface area contributed by atoms with Crippen LogP contribution < -0.4 is 5.32 Å². The molecule has 1 amide bonds. The van der Waals surface area contributed by atoms with Gasteiger partial charge in [0.15, 0.2) is 0 Å². The number of carbonyl (C=O) groups excluding carboxylic acids is 1. The molecule has 1 saturated heterocycles. The van der Waals surface area contributed by atoms with E-state index in [2.05, 4.69) is 11.2 Å². The van der Waals surface area contributed by atoms with Crippen LogP contribution in [0, 0.1) is 12.3 Å². The molecular formula is C12H19NO3. The summed E-state index contributed by atoms with van der Waals surface area (Å²) in [7, 11) is 0. The standard InChI is InChI=1S/C12H19NO3/c1-5-12(7-6-8-15-9-12)13-10(14)16-11(2,3)4/h1H,6-9H2,2-4H3,(H,13,14). The van der Waals surface area contributed by atoms with E-state index in [-0.39, 0.29) is 0 Å². The molecule has 0 aromatic rings. The van der Waals surface area contributed by atoms with Gasteiger partial charge in [-0.3, -0.25) is 0 Å². The fourth-order valence-corrected chi connectivity index (χ4v) is 1.54. The molecule has 1 atom stereocenters. The molecular weight excluding hydrogens is 206 g/mol. The number of terminal acetylenes is 1. The molecule has 0 saturated carbocycles. The van der Waals surface area contributed by atoms with Crippen molar-refractivity contribution in [3.05, 3.63) is 0 Å². The second kappa shape index (κ2) is 4.75. The van der Waals surface area contributed by atoms with E-state index in [9.17, 15) is 4.79 Å². The summed E-state index contributed by atoms with van der Waals surface area (Å²) in [6.45, 7) is 6.48. The number of ether oxygens (including phenoxy) is 2. The lowest BCUT2D eigenvalue weighted by molar-refractivity contribution is 0.0209. The van der Waals surface area contributed by atoms with Crippen LogP contribution >= 0.6 is 0 Å². The van der Waals surface area contributed by atoms with Crippen LogP contribution in [0.3, 0.4) is 0 Å². The van der Waals surface area contributed by atoms with Crippen molar-refractivity contribution in [1.82, 2.24) is 5.32 Å². The normalized spacial score (nSPS) is 25.6. The first kappa shape index (κ1) is 12.9. The van der Waals surface area contributed by atoms with Gasteiger partial charge in [-0.05, 0) is 33.6 Å². The number of rotatable bonds is 1. The van der Waals surface area contributed by atoms with E-state index < -0.39 is 17.2 Å². The van der Waals surface area contributed by atoms with E-state index in [4.69, 9.17) is 15.9 Å². The number of amides is 1. The predicted molar refractivity (Wildman–Crippen MR) is 61.0 cm³/mol. The zero-order chi connectivity index (χ0) is 12.2. The van der Waals surface area contributed by atoms with Crippen molar-refractivity contribution in [3.8, 4) is 12.3 Å². The first-order valence-corrected chi connectivity index (χ1v) is 5.44. The van der Waals surface area contributed by atoms with Gasteiger partial charge in [-0.25, -0.2) is 4.79 Å². The number of carbonyl (C=O) groups is 1. The Hall–Kier alpha value is -1.21. The highest BCUT2D eigenvalue weighted by Gasteiger charge is 2.34. The van der Waals surface area contributed by atoms with Crippen LogP contribution in [0.5, 0.6) is 0 Å². The smallest absolute Gasteiger partial charge is 0.408 e. The van der Waals surface area contributed by atoms with E-state index in [1.165, 1.54) is 0 Å². The average Bonchev–Trinajstić information content (AvgIpc) is 2.16. The molecule has 0 radical (unpaired) electrons. The third kappa shape index (κ3) is 3.74. The maximum Gasteiger partial charge on any atom is 0.408 e. The van der Waals surface area contributed by atoms with Crippen molar-refractivity contribution in [2.45, 2.75) is 44.8 Å². The SMILES string of the molecule is C#CC1(NC(=O)OC(C)(C)C)CCCOC1. The molecule has 1 aliphatic rings. The van der Waals surface area contributed by atoms with Crippen LogP contribution in [0.1, 0.15) is 33.6 Å². The van der Waals surface area contributed by atoms with Crippen molar-refractivity contribution in [1.29, 1.82) is 0 Å². The van der Waals surface area contributed by atoms with Gasteiger partial charge in [0.1, 0.15) is 11.1 Å². The zero-order valence-corrected chi connectivity index (χ0v) is 10.1. The lowest BCUT2D eigenvalue weighted by Crippen LogP contribution is -2.54. The summed E-state index contributed by atoms with van der Waals surface area (Å²) < 4.78 is 10.5. The van der Waals surface area contributed by atoms with Gasteiger partial charge in [-0.2, -0.15) is 0 Å². The quantitative estimate of drug-likeness (QED) is 0.691. The Kier molecular flexibility index (Phi) is 3.82. The van der Waals surface area contributed by atoms with E-state index >= 15 is 0 Å². The highest BCUT2D eigenvalue weighted by molar-refractivity contribution is 5.69. The molecule has 1 heterocycles. The summed E-state index contributed by atoms with van der Waals surface area (Å²) in [6, 6.07) is 0. The van der Waals surface area contributed by atoms with Crippen LogP contribution in [-0.4, -0.2) is 30.4 Å². The molecule has 1 unspecified atom stereocenters. The van der Waals surface area contributed by atoms with Crippen LogP contribution in [0.15, 0.2) is 0 Å². The summed E-state index contributed by atoms with van der Waals surface area (Å²) >= 11 is 0. The van der Waals surface area contributed by atoms with E-state index in [1.54, 1.807) is 0 Å². The maximum absolute atomic E-state index is 11.6. The first-order chi connectivity index (χ1) is 7.37. The molecule has 16 heavy (non-hydrogen) atoms. The van der Waals surface area contributed by atoms with Gasteiger partial charge in [0.25, 0.3) is 0 Å². The summed E-state index contributed by atoms with van der Waals surface area (Å²) in [5.74, 6) is 2.60. The van der Waals surface area contributed by atoms with E-state index in [1.807, 2.05) is 20.8 Å². The molecule has 4 heteroatoms. The molecule has 0 aromatic carbocycles. The Morgan fingerprint density at radius 3 is 2.69 bits per heavy atom.